The van der Waals surface area contributed by atoms with Gasteiger partial charge in [-0.3, -0.25) is 5.84 Å². The highest BCUT2D eigenvalue weighted by Crippen LogP contribution is 2.35. The van der Waals surface area contributed by atoms with Gasteiger partial charge in [0.15, 0.2) is 0 Å². The van der Waals surface area contributed by atoms with Gasteiger partial charge in [-0.05, 0) is 18.2 Å². The maximum Gasteiger partial charge on any atom is 0.280 e. The van der Waals surface area contributed by atoms with E-state index in [1.54, 1.807) is 12.1 Å². The van der Waals surface area contributed by atoms with Crippen molar-refractivity contribution >= 4 is 44.1 Å². The number of aromatic nitrogens is 1. The van der Waals surface area contributed by atoms with E-state index in [2.05, 4.69) is 26.3 Å². The maximum atomic E-state index is 12.7. The number of benzene rings is 1. The first kappa shape index (κ1) is 12.5. The van der Waals surface area contributed by atoms with Crippen LogP contribution in [0.2, 0.25) is 5.02 Å². The number of halogens is 4. The third-order valence-corrected chi connectivity index (χ3v) is 3.23. The molecule has 0 atom stereocenters. The van der Waals surface area contributed by atoms with Crippen LogP contribution in [0.5, 0.6) is 0 Å². The minimum Gasteiger partial charge on any atom is -0.323 e. The van der Waals surface area contributed by atoms with E-state index in [4.69, 9.17) is 17.4 Å². The second-order valence-corrected chi connectivity index (χ2v) is 4.55. The van der Waals surface area contributed by atoms with E-state index in [9.17, 15) is 8.78 Å². The number of fused-ring (bicyclic) bond motifs is 1. The molecule has 0 unspecified atom stereocenters. The lowest BCUT2D eigenvalue weighted by atomic mass is 10.1. The molecule has 90 valence electrons. The lowest BCUT2D eigenvalue weighted by Gasteiger charge is -2.11. The molecule has 2 aromatic rings. The molecular formula is C10H7BrClF2N3. The van der Waals surface area contributed by atoms with Crippen LogP contribution in [0.1, 0.15) is 12.1 Å². The molecule has 1 aromatic heterocycles. The predicted molar refractivity (Wildman–Crippen MR) is 67.2 cm³/mol. The fourth-order valence-corrected chi connectivity index (χ4v) is 2.25. The van der Waals surface area contributed by atoms with Crippen LogP contribution in [0.15, 0.2) is 22.7 Å². The normalized spacial score (nSPS) is 11.2. The van der Waals surface area contributed by atoms with E-state index in [0.717, 1.165) is 0 Å². The summed E-state index contributed by atoms with van der Waals surface area (Å²) in [6.07, 6.45) is -2.68. The number of nitrogens with zero attached hydrogens (tertiary/aromatic N) is 1. The van der Waals surface area contributed by atoms with Gasteiger partial charge in [-0.2, -0.15) is 0 Å². The summed E-state index contributed by atoms with van der Waals surface area (Å²) >= 11 is 9.24. The second kappa shape index (κ2) is 4.72. The summed E-state index contributed by atoms with van der Waals surface area (Å²) in [5, 5.41) is 0.867. The van der Waals surface area contributed by atoms with Crippen molar-refractivity contribution in [1.82, 2.24) is 4.98 Å². The third-order valence-electron chi connectivity index (χ3n) is 2.26. The Morgan fingerprint density at radius 3 is 2.71 bits per heavy atom. The first-order valence-corrected chi connectivity index (χ1v) is 5.75. The Balaban J connectivity index is 2.87. The number of rotatable bonds is 2. The molecular weight excluding hydrogens is 315 g/mol. The number of alkyl halides is 2. The molecule has 0 amide bonds. The van der Waals surface area contributed by atoms with Crippen molar-refractivity contribution in [3.05, 3.63) is 33.4 Å². The fraction of sp³-hybridized carbons (Fsp3) is 0.100. The highest BCUT2D eigenvalue weighted by Gasteiger charge is 2.16. The van der Waals surface area contributed by atoms with Crippen LogP contribution in [0.4, 0.5) is 14.5 Å². The molecule has 2 rings (SSSR count). The lowest BCUT2D eigenvalue weighted by Crippen LogP contribution is -2.09. The number of nitrogen functional groups attached to an aromatic ring is 1. The van der Waals surface area contributed by atoms with Gasteiger partial charge in [-0.1, -0.05) is 27.5 Å². The molecule has 0 saturated carbocycles. The van der Waals surface area contributed by atoms with E-state index in [1.807, 2.05) is 0 Å². The van der Waals surface area contributed by atoms with Crippen molar-refractivity contribution in [2.24, 2.45) is 5.84 Å². The van der Waals surface area contributed by atoms with Gasteiger partial charge in [-0.25, -0.2) is 13.8 Å². The van der Waals surface area contributed by atoms with E-state index < -0.39 is 6.43 Å². The molecule has 0 bridgehead atoms. The summed E-state index contributed by atoms with van der Waals surface area (Å²) < 4.78 is 26.0. The van der Waals surface area contributed by atoms with Crippen LogP contribution in [0, 0.1) is 0 Å². The second-order valence-electron chi connectivity index (χ2n) is 3.29. The highest BCUT2D eigenvalue weighted by atomic mass is 79.9. The predicted octanol–water partition coefficient (Wildman–Crippen LogP) is 3.87. The third kappa shape index (κ3) is 2.20. The zero-order valence-corrected chi connectivity index (χ0v) is 10.7. The van der Waals surface area contributed by atoms with Gasteiger partial charge in [-0.15, -0.1) is 0 Å². The molecule has 0 radical (unpaired) electrons. The number of anilines is 1. The van der Waals surface area contributed by atoms with Crippen molar-refractivity contribution in [2.45, 2.75) is 6.43 Å². The largest absolute Gasteiger partial charge is 0.323 e. The fourth-order valence-electron chi connectivity index (χ4n) is 1.51. The van der Waals surface area contributed by atoms with Gasteiger partial charge in [0.2, 0.25) is 0 Å². The average Bonchev–Trinajstić information content (AvgIpc) is 2.32. The van der Waals surface area contributed by atoms with Crippen LogP contribution in [0.25, 0.3) is 10.9 Å². The first-order chi connectivity index (χ1) is 8.04. The number of nitrogens with two attached hydrogens (primary N) is 1. The van der Waals surface area contributed by atoms with Crippen LogP contribution < -0.4 is 11.3 Å². The molecule has 0 aliphatic heterocycles. The number of hydrogen-bond acceptors (Lipinski definition) is 3. The van der Waals surface area contributed by atoms with Crippen molar-refractivity contribution in [3.8, 4) is 0 Å². The monoisotopic (exact) mass is 321 g/mol. The quantitative estimate of drug-likeness (QED) is 0.652. The number of hydrogen-bond donors (Lipinski definition) is 2. The smallest absolute Gasteiger partial charge is 0.280 e. The van der Waals surface area contributed by atoms with Gasteiger partial charge < -0.3 is 5.43 Å². The number of pyridine rings is 1. The van der Waals surface area contributed by atoms with Gasteiger partial charge in [0, 0.05) is 9.86 Å². The molecule has 7 heteroatoms. The average molecular weight is 323 g/mol. The van der Waals surface area contributed by atoms with Crippen LogP contribution in [-0.4, -0.2) is 4.98 Å². The van der Waals surface area contributed by atoms with E-state index in [0.29, 0.717) is 20.6 Å². The van der Waals surface area contributed by atoms with Crippen molar-refractivity contribution < 1.29 is 8.78 Å². The SMILES string of the molecule is NNc1cc(C(F)F)nc2c(Cl)ccc(Br)c12. The molecule has 1 aromatic carbocycles. The van der Waals surface area contributed by atoms with E-state index in [-0.39, 0.29) is 11.2 Å². The van der Waals surface area contributed by atoms with Gasteiger partial charge in [0.1, 0.15) is 5.69 Å². The molecule has 17 heavy (non-hydrogen) atoms. The highest BCUT2D eigenvalue weighted by molar-refractivity contribution is 9.10. The number of nitrogens with one attached hydrogen (secondary N) is 1. The summed E-state index contributed by atoms with van der Waals surface area (Å²) in [6.45, 7) is 0. The van der Waals surface area contributed by atoms with Gasteiger partial charge in [0.05, 0.1) is 16.2 Å². The maximum absolute atomic E-state index is 12.7. The summed E-state index contributed by atoms with van der Waals surface area (Å²) in [5.41, 5.74) is 2.63. The Bertz CT molecular complexity index is 577. The van der Waals surface area contributed by atoms with Crippen molar-refractivity contribution in [3.63, 3.8) is 0 Å². The first-order valence-electron chi connectivity index (χ1n) is 4.58. The Morgan fingerprint density at radius 2 is 2.12 bits per heavy atom. The Kier molecular flexibility index (Phi) is 3.46. The zero-order chi connectivity index (χ0) is 12.6. The minimum atomic E-state index is -2.68. The van der Waals surface area contributed by atoms with E-state index in [1.165, 1.54) is 6.07 Å². The molecule has 0 fully saturated rings. The van der Waals surface area contributed by atoms with Gasteiger partial charge in [0.25, 0.3) is 6.43 Å². The van der Waals surface area contributed by atoms with Crippen LogP contribution >= 0.6 is 27.5 Å². The molecule has 0 spiro atoms. The Hall–Kier alpha value is -0.980. The standard InChI is InChI=1S/C10H7BrClF2N3/c11-4-1-2-5(12)9-8(4)6(17-15)3-7(16-9)10(13)14/h1-3,10H,15H2,(H,16,17). The summed E-state index contributed by atoms with van der Waals surface area (Å²) in [5.74, 6) is 5.32. The molecule has 3 N–H and O–H groups in total. The minimum absolute atomic E-state index is 0.284. The summed E-state index contributed by atoms with van der Waals surface area (Å²) in [7, 11) is 0. The molecule has 0 aliphatic carbocycles. The molecule has 1 heterocycles. The lowest BCUT2D eigenvalue weighted by molar-refractivity contribution is 0.146. The van der Waals surface area contributed by atoms with Crippen molar-refractivity contribution in [1.29, 1.82) is 0 Å². The topological polar surface area (TPSA) is 50.9 Å². The van der Waals surface area contributed by atoms with E-state index >= 15 is 0 Å². The van der Waals surface area contributed by atoms with Crippen molar-refractivity contribution in [2.75, 3.05) is 5.43 Å². The number of hydrazine groups is 1. The summed E-state index contributed by atoms with van der Waals surface area (Å²) in [4.78, 5) is 3.84. The van der Waals surface area contributed by atoms with Crippen LogP contribution in [-0.2, 0) is 0 Å². The molecule has 0 saturated heterocycles. The summed E-state index contributed by atoms with van der Waals surface area (Å²) in [6, 6.07) is 4.49. The molecule has 3 nitrogen and oxygen atoms in total. The Labute approximate surface area is 109 Å². The van der Waals surface area contributed by atoms with Crippen LogP contribution in [0.3, 0.4) is 0 Å². The Morgan fingerprint density at radius 1 is 1.41 bits per heavy atom. The van der Waals surface area contributed by atoms with Gasteiger partial charge >= 0.3 is 0 Å². The zero-order valence-electron chi connectivity index (χ0n) is 8.35. The molecule has 0 aliphatic rings.